The Kier molecular flexibility index (Phi) is 8.02. The van der Waals surface area contributed by atoms with Crippen molar-refractivity contribution >= 4 is 17.5 Å². The SMILES string of the molecule is COCCN(CC(=O)N1N=C(c2ccc(OC)cc2)C[C@H]1c1ccccc1OC)C(=O)c1ccco1. The minimum Gasteiger partial charge on any atom is -0.497 e. The zero-order chi connectivity index (χ0) is 25.5. The summed E-state index contributed by atoms with van der Waals surface area (Å²) in [4.78, 5) is 28.1. The summed E-state index contributed by atoms with van der Waals surface area (Å²) >= 11 is 0. The van der Waals surface area contributed by atoms with Crippen LogP contribution in [0.15, 0.2) is 76.4 Å². The highest BCUT2D eigenvalue weighted by atomic mass is 16.5. The Hall–Kier alpha value is -4.11. The van der Waals surface area contributed by atoms with Gasteiger partial charge in [0.1, 0.15) is 18.0 Å². The smallest absolute Gasteiger partial charge is 0.290 e. The van der Waals surface area contributed by atoms with Crippen molar-refractivity contribution in [1.82, 2.24) is 9.91 Å². The van der Waals surface area contributed by atoms with E-state index in [2.05, 4.69) is 0 Å². The van der Waals surface area contributed by atoms with Crippen LogP contribution in [0.5, 0.6) is 11.5 Å². The molecule has 1 atom stereocenters. The Balaban J connectivity index is 1.65. The van der Waals surface area contributed by atoms with E-state index in [1.165, 1.54) is 16.2 Å². The summed E-state index contributed by atoms with van der Waals surface area (Å²) in [5.41, 5.74) is 2.47. The van der Waals surface area contributed by atoms with Gasteiger partial charge in [-0.15, -0.1) is 0 Å². The maximum absolute atomic E-state index is 13.6. The van der Waals surface area contributed by atoms with Gasteiger partial charge in [-0.2, -0.15) is 5.10 Å². The Morgan fingerprint density at radius 2 is 1.81 bits per heavy atom. The molecule has 0 aliphatic carbocycles. The van der Waals surface area contributed by atoms with Crippen LogP contribution in [0.25, 0.3) is 0 Å². The molecule has 2 aromatic carbocycles. The van der Waals surface area contributed by atoms with E-state index < -0.39 is 11.9 Å². The van der Waals surface area contributed by atoms with Crippen molar-refractivity contribution in [2.45, 2.75) is 12.5 Å². The van der Waals surface area contributed by atoms with Crippen molar-refractivity contribution in [3.8, 4) is 11.5 Å². The van der Waals surface area contributed by atoms with Gasteiger partial charge in [0.25, 0.3) is 11.8 Å². The van der Waals surface area contributed by atoms with E-state index in [9.17, 15) is 9.59 Å². The monoisotopic (exact) mass is 491 g/mol. The number of ether oxygens (including phenoxy) is 3. The first-order valence-electron chi connectivity index (χ1n) is 11.5. The second-order valence-corrected chi connectivity index (χ2v) is 8.17. The zero-order valence-corrected chi connectivity index (χ0v) is 20.5. The van der Waals surface area contributed by atoms with E-state index in [4.69, 9.17) is 23.7 Å². The Bertz CT molecular complexity index is 1210. The number of rotatable bonds is 10. The molecule has 9 nitrogen and oxygen atoms in total. The predicted octanol–water partition coefficient (Wildman–Crippen LogP) is 3.76. The molecule has 4 rings (SSSR count). The quantitative estimate of drug-likeness (QED) is 0.429. The number of nitrogens with zero attached hydrogens (tertiary/aromatic N) is 3. The average Bonchev–Trinajstić information content (AvgIpc) is 3.61. The van der Waals surface area contributed by atoms with Crippen LogP contribution in [0.4, 0.5) is 0 Å². The lowest BCUT2D eigenvalue weighted by molar-refractivity contribution is -0.133. The van der Waals surface area contributed by atoms with Crippen LogP contribution >= 0.6 is 0 Å². The third-order valence-corrected chi connectivity index (χ3v) is 6.00. The number of hydrogen-bond acceptors (Lipinski definition) is 7. The molecule has 2 heterocycles. The van der Waals surface area contributed by atoms with Crippen molar-refractivity contribution < 1.29 is 28.2 Å². The van der Waals surface area contributed by atoms with Crippen LogP contribution in [-0.4, -0.2) is 68.5 Å². The predicted molar refractivity (Wildman–Crippen MR) is 133 cm³/mol. The zero-order valence-electron chi connectivity index (χ0n) is 20.5. The van der Waals surface area contributed by atoms with Crippen LogP contribution in [0.3, 0.4) is 0 Å². The van der Waals surface area contributed by atoms with Gasteiger partial charge in [-0.05, 0) is 48.0 Å². The van der Waals surface area contributed by atoms with E-state index in [0.29, 0.717) is 12.2 Å². The molecule has 3 aromatic rings. The molecule has 9 heteroatoms. The number of carbonyl (C=O) groups is 2. The number of para-hydroxylation sites is 1. The lowest BCUT2D eigenvalue weighted by Crippen LogP contribution is -2.42. The van der Waals surface area contributed by atoms with Gasteiger partial charge in [-0.1, -0.05) is 18.2 Å². The number of carbonyl (C=O) groups excluding carboxylic acids is 2. The van der Waals surface area contributed by atoms with E-state index in [0.717, 1.165) is 22.6 Å². The molecule has 0 N–H and O–H groups in total. The highest BCUT2D eigenvalue weighted by molar-refractivity contribution is 6.03. The lowest BCUT2D eigenvalue weighted by atomic mass is 9.97. The fourth-order valence-corrected chi connectivity index (χ4v) is 4.13. The summed E-state index contributed by atoms with van der Waals surface area (Å²) in [5.74, 6) is 0.832. The highest BCUT2D eigenvalue weighted by Gasteiger charge is 2.36. The first-order chi connectivity index (χ1) is 17.5. The maximum Gasteiger partial charge on any atom is 0.290 e. The number of methoxy groups -OCH3 is 3. The number of hydrogen-bond donors (Lipinski definition) is 0. The van der Waals surface area contributed by atoms with Crippen molar-refractivity contribution in [3.63, 3.8) is 0 Å². The molecule has 0 unspecified atom stereocenters. The van der Waals surface area contributed by atoms with Gasteiger partial charge in [-0.25, -0.2) is 5.01 Å². The van der Waals surface area contributed by atoms with Crippen molar-refractivity contribution in [2.75, 3.05) is 41.0 Å². The van der Waals surface area contributed by atoms with Crippen LogP contribution in [-0.2, 0) is 9.53 Å². The molecular weight excluding hydrogens is 462 g/mol. The van der Waals surface area contributed by atoms with Crippen LogP contribution in [0.1, 0.15) is 34.1 Å². The maximum atomic E-state index is 13.6. The fraction of sp³-hybridized carbons (Fsp3) is 0.296. The molecule has 188 valence electrons. The second-order valence-electron chi connectivity index (χ2n) is 8.17. The van der Waals surface area contributed by atoms with Gasteiger partial charge in [0, 0.05) is 25.6 Å². The Labute approximate surface area is 209 Å². The summed E-state index contributed by atoms with van der Waals surface area (Å²) < 4.78 is 21.3. The molecule has 1 aliphatic rings. The molecule has 0 saturated carbocycles. The molecular formula is C27H29N3O6. The summed E-state index contributed by atoms with van der Waals surface area (Å²) in [6.45, 7) is 0.313. The first kappa shape index (κ1) is 25.0. The third-order valence-electron chi connectivity index (χ3n) is 6.00. The van der Waals surface area contributed by atoms with Gasteiger partial charge in [-0.3, -0.25) is 9.59 Å². The fourth-order valence-electron chi connectivity index (χ4n) is 4.13. The molecule has 0 radical (unpaired) electrons. The summed E-state index contributed by atoms with van der Waals surface area (Å²) in [6.07, 6.45) is 1.91. The minimum absolute atomic E-state index is 0.157. The minimum atomic E-state index is -0.395. The molecule has 1 aliphatic heterocycles. The molecule has 0 spiro atoms. The van der Waals surface area contributed by atoms with Gasteiger partial charge in [0.05, 0.1) is 38.8 Å². The molecule has 0 saturated heterocycles. The topological polar surface area (TPSA) is 93.8 Å². The van der Waals surface area contributed by atoms with Crippen molar-refractivity contribution in [2.24, 2.45) is 5.10 Å². The van der Waals surface area contributed by atoms with Gasteiger partial charge in [0.2, 0.25) is 0 Å². The molecule has 1 aromatic heterocycles. The van der Waals surface area contributed by atoms with E-state index in [1.54, 1.807) is 33.5 Å². The van der Waals surface area contributed by atoms with Gasteiger partial charge >= 0.3 is 0 Å². The largest absolute Gasteiger partial charge is 0.497 e. The van der Waals surface area contributed by atoms with Crippen molar-refractivity contribution in [1.29, 1.82) is 0 Å². The normalized spacial score (nSPS) is 14.9. The first-order valence-corrected chi connectivity index (χ1v) is 11.5. The van der Waals surface area contributed by atoms with E-state index in [1.807, 2.05) is 48.5 Å². The van der Waals surface area contributed by atoms with E-state index in [-0.39, 0.29) is 31.4 Å². The average molecular weight is 492 g/mol. The van der Waals surface area contributed by atoms with Crippen LogP contribution in [0, 0.1) is 0 Å². The molecule has 0 fully saturated rings. The molecule has 36 heavy (non-hydrogen) atoms. The Morgan fingerprint density at radius 3 is 2.47 bits per heavy atom. The van der Waals surface area contributed by atoms with Gasteiger partial charge in [0.15, 0.2) is 5.76 Å². The highest BCUT2D eigenvalue weighted by Crippen LogP contribution is 2.37. The lowest BCUT2D eigenvalue weighted by Gasteiger charge is -2.27. The van der Waals surface area contributed by atoms with Gasteiger partial charge < -0.3 is 23.5 Å². The summed E-state index contributed by atoms with van der Waals surface area (Å²) in [6, 6.07) is 17.9. The van der Waals surface area contributed by atoms with Crippen LogP contribution < -0.4 is 9.47 Å². The van der Waals surface area contributed by atoms with Crippen molar-refractivity contribution in [3.05, 3.63) is 83.8 Å². The number of furan rings is 1. The summed E-state index contributed by atoms with van der Waals surface area (Å²) in [7, 11) is 4.75. The molecule has 0 bridgehead atoms. The number of amides is 2. The number of benzene rings is 2. The standard InChI is InChI=1S/C27H29N3O6/c1-33-16-14-29(27(32)25-9-6-15-36-25)18-26(31)30-23(21-7-4-5-8-24(21)35-3)17-22(28-30)19-10-12-20(34-2)13-11-19/h4-13,15,23H,14,16-18H2,1-3H3/t23-/m0/s1. The second kappa shape index (κ2) is 11.5. The van der Waals surface area contributed by atoms with E-state index >= 15 is 0 Å². The number of hydrazone groups is 1. The van der Waals surface area contributed by atoms with Crippen LogP contribution in [0.2, 0.25) is 0 Å². The molecule has 2 amide bonds. The summed E-state index contributed by atoms with van der Waals surface area (Å²) in [5, 5.41) is 6.16. The Morgan fingerprint density at radius 1 is 1.03 bits per heavy atom. The third kappa shape index (κ3) is 5.41.